The second-order valence-corrected chi connectivity index (χ2v) is 6.01. The number of rotatable bonds is 2. The lowest BCUT2D eigenvalue weighted by atomic mass is 10.00. The number of benzene rings is 1. The van der Waals surface area contributed by atoms with Crippen LogP contribution in [0.25, 0.3) is 10.9 Å². The van der Waals surface area contributed by atoms with E-state index in [2.05, 4.69) is 12.0 Å². The van der Waals surface area contributed by atoms with Gasteiger partial charge in [-0.05, 0) is 37.8 Å². The molecule has 2 heterocycles. The number of carbonyl (C=O) groups excluding carboxylic acids is 1. The Morgan fingerprint density at radius 2 is 2.14 bits per heavy atom. The summed E-state index contributed by atoms with van der Waals surface area (Å²) < 4.78 is 1.73. The number of aryl methyl sites for hydroxylation is 1. The summed E-state index contributed by atoms with van der Waals surface area (Å²) in [6.45, 7) is 6.14. The van der Waals surface area contributed by atoms with Crippen LogP contribution >= 0.6 is 0 Å². The van der Waals surface area contributed by atoms with Crippen LogP contribution < -0.4 is 5.43 Å². The Hall–Kier alpha value is -2.17. The van der Waals surface area contributed by atoms with Crippen molar-refractivity contribution in [3.05, 3.63) is 40.2 Å². The molecule has 1 fully saturated rings. The zero-order chi connectivity index (χ0) is 15.7. The summed E-state index contributed by atoms with van der Waals surface area (Å²) in [5.74, 6) is 0.246. The number of aromatic nitrogens is 2. The molecule has 2 aromatic rings. The van der Waals surface area contributed by atoms with E-state index in [4.69, 9.17) is 0 Å². The fraction of sp³-hybridized carbons (Fsp3) is 0.471. The molecule has 22 heavy (non-hydrogen) atoms. The van der Waals surface area contributed by atoms with E-state index in [0.717, 1.165) is 18.4 Å². The fourth-order valence-electron chi connectivity index (χ4n) is 3.14. The van der Waals surface area contributed by atoms with Crippen molar-refractivity contribution in [3.63, 3.8) is 0 Å². The molecule has 116 valence electrons. The average molecular weight is 299 g/mol. The van der Waals surface area contributed by atoms with E-state index in [1.54, 1.807) is 15.6 Å². The highest BCUT2D eigenvalue weighted by molar-refractivity contribution is 5.95. The lowest BCUT2D eigenvalue weighted by Gasteiger charge is -2.30. The van der Waals surface area contributed by atoms with E-state index in [9.17, 15) is 9.59 Å². The Morgan fingerprint density at radius 3 is 2.86 bits per heavy atom. The first-order valence-corrected chi connectivity index (χ1v) is 7.91. The summed E-state index contributed by atoms with van der Waals surface area (Å²) >= 11 is 0. The number of piperidine rings is 1. The second kappa shape index (κ2) is 5.91. The standard InChI is InChI=1S/C17H21N3O2/c1-3-20-14-9-5-4-8-13(14)16(21)15(18-20)17(22)19-10-6-7-12(2)11-19/h4-5,8-9,12H,3,6-7,10-11H2,1-2H3/t12-/m0/s1. The minimum Gasteiger partial charge on any atom is -0.337 e. The number of likely N-dealkylation sites (tertiary alicyclic amines) is 1. The van der Waals surface area contributed by atoms with Crippen LogP contribution in [0.3, 0.4) is 0 Å². The molecule has 3 rings (SSSR count). The zero-order valence-electron chi connectivity index (χ0n) is 13.1. The molecule has 1 aliphatic heterocycles. The SMILES string of the molecule is CCn1nc(C(=O)N2CCC[C@H](C)C2)c(=O)c2ccccc21. The predicted molar refractivity (Wildman–Crippen MR) is 86.0 cm³/mol. The van der Waals surface area contributed by atoms with Gasteiger partial charge in [0.25, 0.3) is 5.91 Å². The summed E-state index contributed by atoms with van der Waals surface area (Å²) in [6, 6.07) is 7.33. The normalized spacial score (nSPS) is 18.6. The van der Waals surface area contributed by atoms with Crippen LogP contribution in [0.1, 0.15) is 37.2 Å². The third kappa shape index (κ3) is 2.51. The van der Waals surface area contributed by atoms with Crippen LogP contribution in [-0.2, 0) is 6.54 Å². The Morgan fingerprint density at radius 1 is 1.36 bits per heavy atom. The predicted octanol–water partition coefficient (Wildman–Crippen LogP) is 2.29. The molecule has 1 aromatic carbocycles. The van der Waals surface area contributed by atoms with Gasteiger partial charge in [-0.25, -0.2) is 0 Å². The Kier molecular flexibility index (Phi) is 3.96. The molecule has 0 unspecified atom stereocenters. The van der Waals surface area contributed by atoms with E-state index >= 15 is 0 Å². The van der Waals surface area contributed by atoms with Crippen molar-refractivity contribution in [2.75, 3.05) is 13.1 Å². The van der Waals surface area contributed by atoms with Gasteiger partial charge in [0.15, 0.2) is 5.69 Å². The summed E-state index contributed by atoms with van der Waals surface area (Å²) in [7, 11) is 0. The van der Waals surface area contributed by atoms with Crippen molar-refractivity contribution in [1.82, 2.24) is 14.7 Å². The minimum absolute atomic E-state index is 0.0506. The minimum atomic E-state index is -0.261. The molecule has 5 nitrogen and oxygen atoms in total. The zero-order valence-corrected chi connectivity index (χ0v) is 13.1. The fourth-order valence-corrected chi connectivity index (χ4v) is 3.14. The first-order valence-electron chi connectivity index (χ1n) is 7.91. The van der Waals surface area contributed by atoms with E-state index < -0.39 is 0 Å². The number of para-hydroxylation sites is 1. The number of hydrogen-bond donors (Lipinski definition) is 0. The van der Waals surface area contributed by atoms with Crippen LogP contribution in [0.2, 0.25) is 0 Å². The molecule has 0 radical (unpaired) electrons. The number of fused-ring (bicyclic) bond motifs is 1. The van der Waals surface area contributed by atoms with Gasteiger partial charge in [0.1, 0.15) is 0 Å². The van der Waals surface area contributed by atoms with E-state index in [0.29, 0.717) is 30.9 Å². The number of hydrogen-bond acceptors (Lipinski definition) is 3. The van der Waals surface area contributed by atoms with Gasteiger partial charge in [0.05, 0.1) is 5.52 Å². The van der Waals surface area contributed by atoms with E-state index in [1.165, 1.54) is 0 Å². The first kappa shape index (κ1) is 14.8. The largest absolute Gasteiger partial charge is 0.337 e. The number of carbonyl (C=O) groups is 1. The molecule has 0 aliphatic carbocycles. The third-order valence-corrected chi connectivity index (χ3v) is 4.31. The molecular formula is C17H21N3O2. The van der Waals surface area contributed by atoms with Gasteiger partial charge in [0, 0.05) is 25.0 Å². The lowest BCUT2D eigenvalue weighted by Crippen LogP contribution is -2.42. The van der Waals surface area contributed by atoms with Gasteiger partial charge in [-0.3, -0.25) is 14.3 Å². The van der Waals surface area contributed by atoms with Gasteiger partial charge in [-0.1, -0.05) is 19.1 Å². The molecule has 1 saturated heterocycles. The number of amides is 1. The van der Waals surface area contributed by atoms with Gasteiger partial charge in [-0.2, -0.15) is 5.10 Å². The van der Waals surface area contributed by atoms with Crippen molar-refractivity contribution >= 4 is 16.8 Å². The van der Waals surface area contributed by atoms with Gasteiger partial charge in [-0.15, -0.1) is 0 Å². The van der Waals surface area contributed by atoms with Crippen LogP contribution in [0.5, 0.6) is 0 Å². The maximum absolute atomic E-state index is 12.7. The second-order valence-electron chi connectivity index (χ2n) is 6.01. The van der Waals surface area contributed by atoms with Crippen LogP contribution in [0.4, 0.5) is 0 Å². The molecule has 0 bridgehead atoms. The molecule has 5 heteroatoms. The first-order chi connectivity index (χ1) is 10.6. The molecule has 1 aliphatic rings. The lowest BCUT2D eigenvalue weighted by molar-refractivity contribution is 0.0673. The smallest absolute Gasteiger partial charge is 0.278 e. The molecule has 0 spiro atoms. The average Bonchev–Trinajstić information content (AvgIpc) is 2.55. The monoisotopic (exact) mass is 299 g/mol. The third-order valence-electron chi connectivity index (χ3n) is 4.31. The van der Waals surface area contributed by atoms with Crippen molar-refractivity contribution in [1.29, 1.82) is 0 Å². The van der Waals surface area contributed by atoms with E-state index in [1.807, 2.05) is 25.1 Å². The Balaban J connectivity index is 2.08. The molecular weight excluding hydrogens is 278 g/mol. The van der Waals surface area contributed by atoms with Gasteiger partial charge < -0.3 is 4.90 Å². The highest BCUT2D eigenvalue weighted by Crippen LogP contribution is 2.17. The quantitative estimate of drug-likeness (QED) is 0.855. The molecule has 0 N–H and O–H groups in total. The van der Waals surface area contributed by atoms with Crippen LogP contribution in [-0.4, -0.2) is 33.7 Å². The highest BCUT2D eigenvalue weighted by Gasteiger charge is 2.26. The van der Waals surface area contributed by atoms with Crippen LogP contribution in [0.15, 0.2) is 29.1 Å². The molecule has 0 saturated carbocycles. The maximum Gasteiger partial charge on any atom is 0.278 e. The summed E-state index contributed by atoms with van der Waals surface area (Å²) in [4.78, 5) is 27.1. The maximum atomic E-state index is 12.7. The molecule has 1 aromatic heterocycles. The highest BCUT2D eigenvalue weighted by atomic mass is 16.2. The van der Waals surface area contributed by atoms with Crippen molar-refractivity contribution in [2.24, 2.45) is 5.92 Å². The Labute approximate surface area is 129 Å². The molecule has 1 amide bonds. The summed E-state index contributed by atoms with van der Waals surface area (Å²) in [6.07, 6.45) is 2.12. The topological polar surface area (TPSA) is 55.2 Å². The Bertz CT molecular complexity index is 766. The molecule has 1 atom stereocenters. The number of nitrogens with zero attached hydrogens (tertiary/aromatic N) is 3. The van der Waals surface area contributed by atoms with E-state index in [-0.39, 0.29) is 17.0 Å². The van der Waals surface area contributed by atoms with Gasteiger partial charge in [0.2, 0.25) is 5.43 Å². The summed E-state index contributed by atoms with van der Waals surface area (Å²) in [5, 5.41) is 4.89. The van der Waals surface area contributed by atoms with Crippen LogP contribution in [0, 0.1) is 5.92 Å². The summed E-state index contributed by atoms with van der Waals surface area (Å²) in [5.41, 5.74) is 0.566. The van der Waals surface area contributed by atoms with Crippen molar-refractivity contribution in [3.8, 4) is 0 Å². The van der Waals surface area contributed by atoms with Crippen molar-refractivity contribution in [2.45, 2.75) is 33.2 Å². The van der Waals surface area contributed by atoms with Gasteiger partial charge >= 0.3 is 0 Å². The van der Waals surface area contributed by atoms with Crippen molar-refractivity contribution < 1.29 is 4.79 Å².